The summed E-state index contributed by atoms with van der Waals surface area (Å²) in [5.74, 6) is 0.441. The highest BCUT2D eigenvalue weighted by Crippen LogP contribution is 2.30. The molecule has 0 spiro atoms. The lowest BCUT2D eigenvalue weighted by atomic mass is 9.93. The van der Waals surface area contributed by atoms with Crippen LogP contribution >= 0.6 is 11.3 Å². The SMILES string of the molecule is CCC(CC)C(NC(=O)NCCC(C)O)c1cccs1. The number of rotatable bonds is 8. The predicted octanol–water partition coefficient (Wildman–Crippen LogP) is 3.30. The topological polar surface area (TPSA) is 61.4 Å². The Balaban J connectivity index is 2.59. The van der Waals surface area contributed by atoms with E-state index in [9.17, 15) is 9.90 Å². The van der Waals surface area contributed by atoms with Crippen LogP contribution in [0.2, 0.25) is 0 Å². The van der Waals surface area contributed by atoms with Gasteiger partial charge < -0.3 is 15.7 Å². The smallest absolute Gasteiger partial charge is 0.315 e. The molecular formula is C15H26N2O2S. The highest BCUT2D eigenvalue weighted by Gasteiger charge is 2.23. The van der Waals surface area contributed by atoms with Crippen molar-refractivity contribution in [2.45, 2.75) is 52.2 Å². The maximum absolute atomic E-state index is 12.0. The van der Waals surface area contributed by atoms with Gasteiger partial charge in [-0.25, -0.2) is 4.79 Å². The fourth-order valence-electron chi connectivity index (χ4n) is 2.24. The maximum Gasteiger partial charge on any atom is 0.315 e. The molecule has 2 amide bonds. The van der Waals surface area contributed by atoms with Crippen molar-refractivity contribution >= 4 is 17.4 Å². The van der Waals surface area contributed by atoms with Crippen molar-refractivity contribution in [1.82, 2.24) is 10.6 Å². The van der Waals surface area contributed by atoms with Gasteiger partial charge >= 0.3 is 6.03 Å². The van der Waals surface area contributed by atoms with Crippen LogP contribution in [0, 0.1) is 5.92 Å². The lowest BCUT2D eigenvalue weighted by molar-refractivity contribution is 0.182. The quantitative estimate of drug-likeness (QED) is 0.689. The van der Waals surface area contributed by atoms with Gasteiger partial charge in [-0.15, -0.1) is 11.3 Å². The third-order valence-corrected chi connectivity index (χ3v) is 4.46. The molecule has 1 rings (SSSR count). The second-order valence-corrected chi connectivity index (χ2v) is 6.09. The molecule has 0 aliphatic heterocycles. The summed E-state index contributed by atoms with van der Waals surface area (Å²) in [5, 5.41) is 17.1. The van der Waals surface area contributed by atoms with Crippen LogP contribution in [0.25, 0.3) is 0 Å². The Morgan fingerprint density at radius 1 is 1.40 bits per heavy atom. The Bertz CT molecular complexity index is 375. The average molecular weight is 298 g/mol. The van der Waals surface area contributed by atoms with Gasteiger partial charge in [-0.05, 0) is 30.7 Å². The number of aliphatic hydroxyl groups excluding tert-OH is 1. The fourth-order valence-corrected chi connectivity index (χ4v) is 3.11. The number of carbonyl (C=O) groups excluding carboxylic acids is 1. The van der Waals surface area contributed by atoms with E-state index in [4.69, 9.17) is 0 Å². The summed E-state index contributed by atoms with van der Waals surface area (Å²) in [7, 11) is 0. The highest BCUT2D eigenvalue weighted by atomic mass is 32.1. The van der Waals surface area contributed by atoms with E-state index in [1.807, 2.05) is 11.4 Å². The first kappa shape index (κ1) is 17.0. The van der Waals surface area contributed by atoms with Crippen LogP contribution in [-0.2, 0) is 0 Å². The molecule has 0 aromatic carbocycles. The molecule has 0 aliphatic rings. The summed E-state index contributed by atoms with van der Waals surface area (Å²) in [6.07, 6.45) is 2.25. The zero-order valence-electron chi connectivity index (χ0n) is 12.6. The molecule has 1 aromatic heterocycles. The van der Waals surface area contributed by atoms with Crippen LogP contribution in [0.15, 0.2) is 17.5 Å². The zero-order chi connectivity index (χ0) is 15.0. The molecule has 2 atom stereocenters. The molecule has 5 heteroatoms. The Morgan fingerprint density at radius 2 is 2.10 bits per heavy atom. The second kappa shape index (κ2) is 8.97. The fraction of sp³-hybridized carbons (Fsp3) is 0.667. The average Bonchev–Trinajstić information content (AvgIpc) is 2.92. The molecule has 0 fully saturated rings. The summed E-state index contributed by atoms with van der Waals surface area (Å²) in [4.78, 5) is 13.2. The Kier molecular flexibility index (Phi) is 7.62. The van der Waals surface area contributed by atoms with Crippen molar-refractivity contribution < 1.29 is 9.90 Å². The Labute approximate surface area is 125 Å². The molecule has 114 valence electrons. The van der Waals surface area contributed by atoms with Gasteiger partial charge in [0.25, 0.3) is 0 Å². The molecule has 1 aromatic rings. The zero-order valence-corrected chi connectivity index (χ0v) is 13.4. The minimum absolute atomic E-state index is 0.0662. The molecular weight excluding hydrogens is 272 g/mol. The van der Waals surface area contributed by atoms with Gasteiger partial charge in [0, 0.05) is 11.4 Å². The lowest BCUT2D eigenvalue weighted by Crippen LogP contribution is -2.41. The van der Waals surface area contributed by atoms with E-state index in [0.717, 1.165) is 12.8 Å². The minimum Gasteiger partial charge on any atom is -0.393 e. The lowest BCUT2D eigenvalue weighted by Gasteiger charge is -2.25. The molecule has 1 heterocycles. The van der Waals surface area contributed by atoms with Crippen LogP contribution in [-0.4, -0.2) is 23.8 Å². The van der Waals surface area contributed by atoms with Crippen molar-refractivity contribution in [3.05, 3.63) is 22.4 Å². The van der Waals surface area contributed by atoms with Crippen molar-refractivity contribution in [1.29, 1.82) is 0 Å². The van der Waals surface area contributed by atoms with Crippen molar-refractivity contribution in [3.8, 4) is 0 Å². The van der Waals surface area contributed by atoms with Crippen molar-refractivity contribution in [3.63, 3.8) is 0 Å². The number of hydrogen-bond acceptors (Lipinski definition) is 3. The maximum atomic E-state index is 12.0. The third kappa shape index (κ3) is 5.51. The number of nitrogens with one attached hydrogen (secondary N) is 2. The largest absolute Gasteiger partial charge is 0.393 e. The molecule has 2 unspecified atom stereocenters. The molecule has 0 bridgehead atoms. The number of carbonyl (C=O) groups is 1. The van der Waals surface area contributed by atoms with E-state index in [0.29, 0.717) is 18.9 Å². The van der Waals surface area contributed by atoms with E-state index in [1.54, 1.807) is 18.3 Å². The molecule has 3 N–H and O–H groups in total. The monoisotopic (exact) mass is 298 g/mol. The van der Waals surface area contributed by atoms with E-state index < -0.39 is 0 Å². The summed E-state index contributed by atoms with van der Waals surface area (Å²) < 4.78 is 0. The highest BCUT2D eigenvalue weighted by molar-refractivity contribution is 7.10. The van der Waals surface area contributed by atoms with Crippen LogP contribution in [0.3, 0.4) is 0 Å². The predicted molar refractivity (Wildman–Crippen MR) is 84.0 cm³/mol. The Hall–Kier alpha value is -1.07. The van der Waals surface area contributed by atoms with Crippen LogP contribution in [0.1, 0.15) is 51.0 Å². The van der Waals surface area contributed by atoms with Gasteiger partial charge in [0.05, 0.1) is 12.1 Å². The number of aliphatic hydroxyl groups is 1. The molecule has 0 radical (unpaired) electrons. The van der Waals surface area contributed by atoms with Crippen LogP contribution in [0.4, 0.5) is 4.79 Å². The van der Waals surface area contributed by atoms with Gasteiger partial charge in [-0.2, -0.15) is 0 Å². The summed E-state index contributed by atoms with van der Waals surface area (Å²) in [6, 6.07) is 4.00. The summed E-state index contributed by atoms with van der Waals surface area (Å²) >= 11 is 1.68. The first-order chi connectivity index (χ1) is 9.58. The minimum atomic E-state index is -0.387. The van der Waals surface area contributed by atoms with Crippen molar-refractivity contribution in [2.75, 3.05) is 6.54 Å². The van der Waals surface area contributed by atoms with E-state index >= 15 is 0 Å². The number of amides is 2. The van der Waals surface area contributed by atoms with Gasteiger partial charge in [-0.1, -0.05) is 32.8 Å². The first-order valence-electron chi connectivity index (χ1n) is 7.34. The summed E-state index contributed by atoms with van der Waals surface area (Å²) in [5.41, 5.74) is 0. The third-order valence-electron chi connectivity index (χ3n) is 3.50. The number of hydrogen-bond donors (Lipinski definition) is 3. The second-order valence-electron chi connectivity index (χ2n) is 5.11. The van der Waals surface area contributed by atoms with Gasteiger partial charge in [0.15, 0.2) is 0 Å². The molecule has 0 saturated carbocycles. The van der Waals surface area contributed by atoms with Gasteiger partial charge in [0.1, 0.15) is 0 Å². The number of thiophene rings is 1. The molecule has 20 heavy (non-hydrogen) atoms. The van der Waals surface area contributed by atoms with E-state index in [1.165, 1.54) is 4.88 Å². The Morgan fingerprint density at radius 3 is 2.60 bits per heavy atom. The van der Waals surface area contributed by atoms with Crippen LogP contribution in [0.5, 0.6) is 0 Å². The van der Waals surface area contributed by atoms with Gasteiger partial charge in [-0.3, -0.25) is 0 Å². The number of urea groups is 1. The molecule has 0 aliphatic carbocycles. The van der Waals surface area contributed by atoms with Gasteiger partial charge in [0.2, 0.25) is 0 Å². The van der Waals surface area contributed by atoms with E-state index in [-0.39, 0.29) is 18.2 Å². The normalized spacial score (nSPS) is 14.1. The summed E-state index contributed by atoms with van der Waals surface area (Å²) in [6.45, 7) is 6.52. The molecule has 0 saturated heterocycles. The standard InChI is InChI=1S/C15H26N2O2S/c1-4-12(5-2)14(13-7-6-10-20-13)17-15(19)16-9-8-11(3)18/h6-7,10-12,14,18H,4-5,8-9H2,1-3H3,(H2,16,17,19). The van der Waals surface area contributed by atoms with Crippen LogP contribution < -0.4 is 10.6 Å². The first-order valence-corrected chi connectivity index (χ1v) is 8.22. The van der Waals surface area contributed by atoms with Crippen molar-refractivity contribution in [2.24, 2.45) is 5.92 Å². The van der Waals surface area contributed by atoms with E-state index in [2.05, 4.69) is 30.5 Å². The molecule has 4 nitrogen and oxygen atoms in total.